The summed E-state index contributed by atoms with van der Waals surface area (Å²) in [6.45, 7) is 5.35. The predicted octanol–water partition coefficient (Wildman–Crippen LogP) is 0.142. The summed E-state index contributed by atoms with van der Waals surface area (Å²) < 4.78 is 0. The summed E-state index contributed by atoms with van der Waals surface area (Å²) in [5, 5.41) is 20.0. The van der Waals surface area contributed by atoms with Crippen molar-refractivity contribution in [3.63, 3.8) is 0 Å². The van der Waals surface area contributed by atoms with Gasteiger partial charge in [-0.2, -0.15) is 0 Å². The molecule has 0 aromatic rings. The normalized spacial score (nSPS) is 35.5. The Bertz CT molecular complexity index is 790. The summed E-state index contributed by atoms with van der Waals surface area (Å²) in [5.41, 5.74) is 11.2. The molecule has 1 aliphatic carbocycles. The van der Waals surface area contributed by atoms with Gasteiger partial charge < -0.3 is 26.6 Å². The van der Waals surface area contributed by atoms with E-state index in [1.54, 1.807) is 18.7 Å². The molecule has 1 saturated carbocycles. The maximum Gasteiger partial charge on any atom is 0.353 e. The first-order chi connectivity index (χ1) is 14.2. The zero-order valence-corrected chi connectivity index (χ0v) is 18.2. The average Bonchev–Trinajstić information content (AvgIpc) is 2.86. The first-order valence-corrected chi connectivity index (χ1v) is 11.5. The minimum absolute atomic E-state index is 0.0756. The lowest BCUT2D eigenvalue weighted by atomic mass is 9.79. The number of hydrogen-bond acceptors (Lipinski definition) is 6. The Hall–Kier alpha value is -1.78. The highest BCUT2D eigenvalue weighted by Gasteiger charge is 2.60. The summed E-state index contributed by atoms with van der Waals surface area (Å²) in [4.78, 5) is 33.3. The quantitative estimate of drug-likeness (QED) is 0.261. The van der Waals surface area contributed by atoms with E-state index in [4.69, 9.17) is 11.5 Å². The van der Waals surface area contributed by atoms with Crippen molar-refractivity contribution >= 4 is 29.6 Å². The number of hydrogen-bond donors (Lipinski definition) is 4. The molecule has 1 amide bonds. The van der Waals surface area contributed by atoms with Gasteiger partial charge in [0.1, 0.15) is 5.70 Å². The van der Waals surface area contributed by atoms with Gasteiger partial charge >= 0.3 is 5.97 Å². The molecule has 0 radical (unpaired) electrons. The number of thioether (sulfide) groups is 1. The molecule has 3 heterocycles. The average molecular weight is 438 g/mol. The summed E-state index contributed by atoms with van der Waals surface area (Å²) in [6, 6.07) is 0.392. The first kappa shape index (κ1) is 21.5. The Morgan fingerprint density at radius 2 is 2.00 bits per heavy atom. The monoisotopic (exact) mass is 437 g/mol. The molecule has 9 nitrogen and oxygen atoms in total. The van der Waals surface area contributed by atoms with Gasteiger partial charge in [0.2, 0.25) is 5.91 Å². The number of likely N-dealkylation sites (tertiary alicyclic amines) is 1. The van der Waals surface area contributed by atoms with E-state index in [9.17, 15) is 19.8 Å². The zero-order valence-electron chi connectivity index (χ0n) is 17.4. The lowest BCUT2D eigenvalue weighted by Gasteiger charge is -2.47. The van der Waals surface area contributed by atoms with Gasteiger partial charge in [-0.25, -0.2) is 4.79 Å². The van der Waals surface area contributed by atoms with Crippen LogP contribution in [0.15, 0.2) is 15.6 Å². The lowest BCUT2D eigenvalue weighted by molar-refractivity contribution is -0.163. The van der Waals surface area contributed by atoms with Crippen molar-refractivity contribution in [2.24, 2.45) is 28.3 Å². The van der Waals surface area contributed by atoms with Gasteiger partial charge in [0.25, 0.3) is 0 Å². The summed E-state index contributed by atoms with van der Waals surface area (Å²) >= 11 is 1.60. The van der Waals surface area contributed by atoms with Gasteiger partial charge in [0.15, 0.2) is 5.96 Å². The van der Waals surface area contributed by atoms with Crippen LogP contribution in [0, 0.1) is 11.8 Å². The molecule has 0 aromatic carbocycles. The van der Waals surface area contributed by atoms with Crippen LogP contribution in [0.4, 0.5) is 0 Å². The molecule has 6 N–H and O–H groups in total. The molecule has 6 atom stereocenters. The molecule has 0 bridgehead atoms. The third kappa shape index (κ3) is 3.58. The zero-order chi connectivity index (χ0) is 21.7. The first-order valence-electron chi connectivity index (χ1n) is 10.7. The number of fused-ring (bicyclic) bond motifs is 1. The number of nitrogens with zero attached hydrogens (tertiary/aromatic N) is 3. The van der Waals surface area contributed by atoms with E-state index in [2.05, 4.69) is 9.89 Å². The summed E-state index contributed by atoms with van der Waals surface area (Å²) in [7, 11) is 0. The van der Waals surface area contributed by atoms with E-state index in [0.717, 1.165) is 43.7 Å². The molecule has 4 aliphatic rings. The van der Waals surface area contributed by atoms with Crippen LogP contribution < -0.4 is 11.5 Å². The Morgan fingerprint density at radius 3 is 2.60 bits per heavy atom. The van der Waals surface area contributed by atoms with Crippen molar-refractivity contribution in [2.45, 2.75) is 69.0 Å². The number of guanidine groups is 1. The third-order valence-corrected chi connectivity index (χ3v) is 8.40. The van der Waals surface area contributed by atoms with Gasteiger partial charge in [-0.1, -0.05) is 6.92 Å². The van der Waals surface area contributed by atoms with Crippen LogP contribution in [0.5, 0.6) is 0 Å². The van der Waals surface area contributed by atoms with Gasteiger partial charge in [0, 0.05) is 35.2 Å². The number of carbonyl (C=O) groups excluding carboxylic acids is 1. The van der Waals surface area contributed by atoms with Crippen molar-refractivity contribution in [3.8, 4) is 0 Å². The maximum atomic E-state index is 12.4. The maximum absolute atomic E-state index is 12.4. The molecule has 2 saturated heterocycles. The van der Waals surface area contributed by atoms with Crippen LogP contribution in [0.25, 0.3) is 0 Å². The van der Waals surface area contributed by atoms with Crippen molar-refractivity contribution in [3.05, 3.63) is 10.6 Å². The van der Waals surface area contributed by atoms with Crippen LogP contribution in [0.1, 0.15) is 39.5 Å². The van der Waals surface area contributed by atoms with Crippen molar-refractivity contribution < 1.29 is 19.8 Å². The number of aliphatic imine (C=N–C) groups is 1. The fourth-order valence-electron chi connectivity index (χ4n) is 5.50. The topological polar surface area (TPSA) is 145 Å². The highest BCUT2D eigenvalue weighted by molar-refractivity contribution is 8.03. The standard InChI is InChI=1S/C20H31N5O4S/c1-9-15-14(10(2)26)18(27)25(15)16(19(28)29)17(9)30-13-7-24(8-13)12-5-3-4-11(6-12)23-20(21)22/h9-15,26H,3-8H2,1-2H3,(H,28,29)(H4,21,22,23)/t9-,10-,11+,12+,14-,15-/m1/s1. The van der Waals surface area contributed by atoms with Crippen LogP contribution in [0.2, 0.25) is 0 Å². The summed E-state index contributed by atoms with van der Waals surface area (Å²) in [5.74, 6) is -1.78. The molecule has 3 fully saturated rings. The predicted molar refractivity (Wildman–Crippen MR) is 114 cm³/mol. The number of carbonyl (C=O) groups is 2. The molecule has 4 rings (SSSR count). The van der Waals surface area contributed by atoms with E-state index in [1.165, 1.54) is 4.90 Å². The Kier molecular flexibility index (Phi) is 5.75. The number of rotatable bonds is 6. The number of amides is 1. The van der Waals surface area contributed by atoms with Crippen molar-refractivity contribution in [1.29, 1.82) is 0 Å². The molecule has 30 heavy (non-hydrogen) atoms. The Balaban J connectivity index is 1.39. The number of nitrogens with two attached hydrogens (primary N) is 2. The van der Waals surface area contributed by atoms with Crippen molar-refractivity contribution in [2.75, 3.05) is 13.1 Å². The highest BCUT2D eigenvalue weighted by atomic mass is 32.2. The molecule has 0 aromatic heterocycles. The lowest BCUT2D eigenvalue weighted by Crippen LogP contribution is -2.63. The molecule has 0 unspecified atom stereocenters. The fourth-order valence-corrected chi connectivity index (χ4v) is 7.04. The molecule has 3 aliphatic heterocycles. The Labute approximate surface area is 180 Å². The van der Waals surface area contributed by atoms with E-state index < -0.39 is 18.0 Å². The van der Waals surface area contributed by atoms with Crippen LogP contribution >= 0.6 is 11.8 Å². The molecular formula is C20H31N5O4S. The second-order valence-corrected chi connectivity index (χ2v) is 10.3. The van der Waals surface area contributed by atoms with Gasteiger partial charge in [-0.15, -0.1) is 11.8 Å². The molecule has 166 valence electrons. The number of carboxylic acids is 1. The number of aliphatic hydroxyl groups excluding tert-OH is 1. The van der Waals surface area contributed by atoms with Gasteiger partial charge in [-0.05, 0) is 32.6 Å². The minimum atomic E-state index is -1.06. The number of aliphatic hydroxyl groups is 1. The van der Waals surface area contributed by atoms with Crippen LogP contribution in [-0.2, 0) is 9.59 Å². The van der Waals surface area contributed by atoms with E-state index in [1.807, 2.05) is 6.92 Å². The number of β-lactam (4-membered cyclic amide) rings is 1. The Morgan fingerprint density at radius 1 is 1.30 bits per heavy atom. The fraction of sp³-hybridized carbons (Fsp3) is 0.750. The minimum Gasteiger partial charge on any atom is -0.477 e. The smallest absolute Gasteiger partial charge is 0.353 e. The van der Waals surface area contributed by atoms with Crippen LogP contribution in [0.3, 0.4) is 0 Å². The van der Waals surface area contributed by atoms with E-state index in [-0.39, 0.29) is 35.6 Å². The SMILES string of the molecule is C[C@@H](O)[C@H]1C(=O)N2C(C(=O)O)=C(SC3CN([C@H]4CCC[C@H](N=C(N)N)C4)C3)[C@H](C)[C@H]12. The second kappa shape index (κ2) is 8.05. The van der Waals surface area contributed by atoms with Gasteiger partial charge in [-0.3, -0.25) is 14.7 Å². The number of carboxylic acid groups (broad SMARTS) is 1. The van der Waals surface area contributed by atoms with Crippen molar-refractivity contribution in [1.82, 2.24) is 9.80 Å². The van der Waals surface area contributed by atoms with Gasteiger partial charge in [0.05, 0.1) is 24.1 Å². The molecular weight excluding hydrogens is 406 g/mol. The highest BCUT2D eigenvalue weighted by Crippen LogP contribution is 2.52. The summed E-state index contributed by atoms with van der Waals surface area (Å²) in [6.07, 6.45) is 3.43. The number of aliphatic carboxylic acids is 1. The second-order valence-electron chi connectivity index (χ2n) is 8.99. The molecule has 0 spiro atoms. The van der Waals surface area contributed by atoms with Crippen LogP contribution in [-0.4, -0.2) is 80.4 Å². The largest absolute Gasteiger partial charge is 0.477 e. The van der Waals surface area contributed by atoms with E-state index >= 15 is 0 Å². The van der Waals surface area contributed by atoms with E-state index in [0.29, 0.717) is 11.3 Å². The molecule has 10 heteroatoms. The third-order valence-electron chi connectivity index (χ3n) is 6.95.